The number of morpholine rings is 1. The topological polar surface area (TPSA) is 122 Å². The number of carbonyl (C=O) groups is 1. The van der Waals surface area contributed by atoms with Gasteiger partial charge < -0.3 is 24.5 Å². The maximum atomic E-state index is 15.2. The lowest BCUT2D eigenvalue weighted by atomic mass is 10.00. The number of nitriles is 1. The third kappa shape index (κ3) is 6.54. The number of hydrogen-bond acceptors (Lipinski definition) is 8. The molecule has 5 rings (SSSR count). The van der Waals surface area contributed by atoms with Crippen LogP contribution in [0.3, 0.4) is 0 Å². The van der Waals surface area contributed by atoms with Gasteiger partial charge in [-0.05, 0) is 47.9 Å². The molecule has 2 N–H and O–H groups in total. The smallest absolute Gasteiger partial charge is 0.408 e. The fourth-order valence-electron chi connectivity index (χ4n) is 4.91. The number of halogens is 1. The lowest BCUT2D eigenvalue weighted by Crippen LogP contribution is -2.46. The number of aromatic nitrogens is 1. The summed E-state index contributed by atoms with van der Waals surface area (Å²) in [6, 6.07) is 11.3. The van der Waals surface area contributed by atoms with Gasteiger partial charge in [-0.25, -0.2) is 9.18 Å². The fraction of sp³-hybridized carbons (Fsp3) is 0.464. The summed E-state index contributed by atoms with van der Waals surface area (Å²) < 4.78 is 33.1. The SMILES string of the molecule is N#CC(Cc1ccc(-c2ccc3oc(=O)n(CCN4CCOCC4)c3c2)cc1F)NC(=O)C1CNCCCO1. The molecule has 206 valence electrons. The second-order valence-corrected chi connectivity index (χ2v) is 9.77. The van der Waals surface area contributed by atoms with E-state index in [1.807, 2.05) is 12.1 Å². The first-order valence-corrected chi connectivity index (χ1v) is 13.3. The summed E-state index contributed by atoms with van der Waals surface area (Å²) in [7, 11) is 0. The molecule has 0 aliphatic carbocycles. The molecule has 0 spiro atoms. The second-order valence-electron chi connectivity index (χ2n) is 9.77. The molecule has 2 aromatic carbocycles. The summed E-state index contributed by atoms with van der Waals surface area (Å²) >= 11 is 0. The zero-order valence-corrected chi connectivity index (χ0v) is 21.7. The maximum Gasteiger partial charge on any atom is 0.419 e. The normalized spacial score (nSPS) is 19.3. The number of ether oxygens (including phenoxy) is 2. The van der Waals surface area contributed by atoms with E-state index in [-0.39, 0.29) is 12.3 Å². The molecule has 3 heterocycles. The molecule has 11 heteroatoms. The van der Waals surface area contributed by atoms with Crippen molar-refractivity contribution < 1.29 is 23.1 Å². The van der Waals surface area contributed by atoms with Gasteiger partial charge in [0, 0.05) is 45.8 Å². The third-order valence-electron chi connectivity index (χ3n) is 7.13. The van der Waals surface area contributed by atoms with Crippen molar-refractivity contribution >= 4 is 17.0 Å². The summed E-state index contributed by atoms with van der Waals surface area (Å²) in [5, 5.41) is 15.4. The third-order valence-corrected chi connectivity index (χ3v) is 7.13. The molecule has 0 saturated carbocycles. The minimum atomic E-state index is -0.895. The van der Waals surface area contributed by atoms with Crippen molar-refractivity contribution in [2.75, 3.05) is 52.5 Å². The van der Waals surface area contributed by atoms with Gasteiger partial charge in [-0.15, -0.1) is 0 Å². The fourth-order valence-corrected chi connectivity index (χ4v) is 4.91. The Morgan fingerprint density at radius 2 is 1.95 bits per heavy atom. The molecule has 1 aromatic heterocycles. The number of oxazole rings is 1. The van der Waals surface area contributed by atoms with Crippen molar-refractivity contribution in [2.24, 2.45) is 0 Å². The Labute approximate surface area is 225 Å². The van der Waals surface area contributed by atoms with E-state index in [1.54, 1.807) is 28.8 Å². The predicted molar refractivity (Wildman–Crippen MR) is 142 cm³/mol. The number of hydrogen-bond donors (Lipinski definition) is 2. The highest BCUT2D eigenvalue weighted by Gasteiger charge is 2.24. The maximum absolute atomic E-state index is 15.2. The van der Waals surface area contributed by atoms with Crippen molar-refractivity contribution in [2.45, 2.75) is 31.5 Å². The van der Waals surface area contributed by atoms with Gasteiger partial charge in [0.2, 0.25) is 0 Å². The van der Waals surface area contributed by atoms with Gasteiger partial charge in [-0.3, -0.25) is 14.3 Å². The van der Waals surface area contributed by atoms with Crippen LogP contribution in [0.4, 0.5) is 4.39 Å². The van der Waals surface area contributed by atoms with Gasteiger partial charge >= 0.3 is 5.76 Å². The first-order chi connectivity index (χ1) is 19.0. The molecule has 2 unspecified atom stereocenters. The lowest BCUT2D eigenvalue weighted by molar-refractivity contribution is -0.132. The van der Waals surface area contributed by atoms with E-state index in [1.165, 1.54) is 6.07 Å². The number of nitrogens with one attached hydrogen (secondary N) is 2. The summed E-state index contributed by atoms with van der Waals surface area (Å²) in [5.74, 6) is -1.29. The first-order valence-electron chi connectivity index (χ1n) is 13.3. The quantitative estimate of drug-likeness (QED) is 0.445. The molecular weight excluding hydrogens is 505 g/mol. The minimum Gasteiger partial charge on any atom is -0.408 e. The Hall–Kier alpha value is -3.56. The number of rotatable bonds is 8. The van der Waals surface area contributed by atoms with Crippen LogP contribution in [0.5, 0.6) is 0 Å². The molecule has 2 aliphatic heterocycles. The summed E-state index contributed by atoms with van der Waals surface area (Å²) in [6.45, 7) is 5.79. The standard InChI is InChI=1S/C28H32FN5O5/c29-23-15-19(2-3-21(23)14-22(17-30)32-27(35)26-18-31-6-1-11-38-26)20-4-5-25-24(16-20)34(28(36)39-25)8-7-33-9-12-37-13-10-33/h2-5,15-16,22,26,31H,1,6-14,18H2,(H,32,35). The Morgan fingerprint density at radius 3 is 2.74 bits per heavy atom. The predicted octanol–water partition coefficient (Wildman–Crippen LogP) is 1.66. The summed E-state index contributed by atoms with van der Waals surface area (Å²) in [4.78, 5) is 27.3. The van der Waals surface area contributed by atoms with Crippen molar-refractivity contribution in [1.29, 1.82) is 5.26 Å². The van der Waals surface area contributed by atoms with Crippen molar-refractivity contribution in [3.8, 4) is 17.2 Å². The van der Waals surface area contributed by atoms with Crippen LogP contribution in [0.2, 0.25) is 0 Å². The molecule has 0 radical (unpaired) electrons. The monoisotopic (exact) mass is 537 g/mol. The van der Waals surface area contributed by atoms with E-state index < -0.39 is 23.7 Å². The second kappa shape index (κ2) is 12.5. The van der Waals surface area contributed by atoms with Crippen LogP contribution in [0.25, 0.3) is 22.2 Å². The van der Waals surface area contributed by atoms with Crippen molar-refractivity contribution in [3.63, 3.8) is 0 Å². The zero-order chi connectivity index (χ0) is 27.2. The Balaban J connectivity index is 1.29. The molecule has 1 amide bonds. The Bertz CT molecular complexity index is 1400. The highest BCUT2D eigenvalue weighted by Crippen LogP contribution is 2.26. The molecule has 2 saturated heterocycles. The molecule has 10 nitrogen and oxygen atoms in total. The largest absolute Gasteiger partial charge is 0.419 e. The number of fused-ring (bicyclic) bond motifs is 1. The average molecular weight is 538 g/mol. The number of benzene rings is 2. The molecule has 2 fully saturated rings. The minimum absolute atomic E-state index is 0.0242. The molecule has 2 atom stereocenters. The van der Waals surface area contributed by atoms with Crippen molar-refractivity contribution in [3.05, 3.63) is 58.3 Å². The van der Waals surface area contributed by atoms with Gasteiger partial charge in [-0.2, -0.15) is 5.26 Å². The van der Waals surface area contributed by atoms with Crippen LogP contribution in [-0.2, 0) is 27.2 Å². The number of nitrogens with zero attached hydrogens (tertiary/aromatic N) is 3. The van der Waals surface area contributed by atoms with Gasteiger partial charge in [0.25, 0.3) is 5.91 Å². The molecular formula is C28H32FN5O5. The van der Waals surface area contributed by atoms with Crippen LogP contribution in [-0.4, -0.2) is 80.1 Å². The number of amides is 1. The van der Waals surface area contributed by atoms with Crippen LogP contribution in [0, 0.1) is 17.1 Å². The van der Waals surface area contributed by atoms with Crippen molar-refractivity contribution in [1.82, 2.24) is 20.1 Å². The van der Waals surface area contributed by atoms with Crippen LogP contribution >= 0.6 is 0 Å². The average Bonchev–Trinajstić information content (AvgIpc) is 3.10. The zero-order valence-electron chi connectivity index (χ0n) is 21.7. The van der Waals surface area contributed by atoms with Gasteiger partial charge in [-0.1, -0.05) is 18.2 Å². The van der Waals surface area contributed by atoms with E-state index in [4.69, 9.17) is 13.9 Å². The molecule has 3 aromatic rings. The number of carbonyl (C=O) groups excluding carboxylic acids is 1. The Morgan fingerprint density at radius 1 is 1.15 bits per heavy atom. The highest BCUT2D eigenvalue weighted by atomic mass is 19.1. The van der Waals surface area contributed by atoms with E-state index in [9.17, 15) is 14.9 Å². The van der Waals surface area contributed by atoms with Gasteiger partial charge in [0.15, 0.2) is 5.58 Å². The molecule has 39 heavy (non-hydrogen) atoms. The van der Waals surface area contributed by atoms with Crippen LogP contribution < -0.4 is 16.4 Å². The van der Waals surface area contributed by atoms with E-state index in [2.05, 4.69) is 15.5 Å². The molecule has 0 bridgehead atoms. The summed E-state index contributed by atoms with van der Waals surface area (Å²) in [6.07, 6.45) is 0.152. The highest BCUT2D eigenvalue weighted by molar-refractivity contribution is 5.82. The Kier molecular flexibility index (Phi) is 8.68. The lowest BCUT2D eigenvalue weighted by Gasteiger charge is -2.26. The molecule has 2 aliphatic rings. The van der Waals surface area contributed by atoms with E-state index >= 15 is 4.39 Å². The van der Waals surface area contributed by atoms with Gasteiger partial charge in [0.1, 0.15) is 18.0 Å². The summed E-state index contributed by atoms with van der Waals surface area (Å²) in [5.41, 5.74) is 2.80. The van der Waals surface area contributed by atoms with E-state index in [0.29, 0.717) is 61.7 Å². The van der Waals surface area contributed by atoms with E-state index in [0.717, 1.165) is 31.6 Å². The van der Waals surface area contributed by atoms with Gasteiger partial charge in [0.05, 0.1) is 24.8 Å². The first kappa shape index (κ1) is 27.0. The van der Waals surface area contributed by atoms with Crippen LogP contribution in [0.1, 0.15) is 12.0 Å². The van der Waals surface area contributed by atoms with Crippen LogP contribution in [0.15, 0.2) is 45.6 Å².